The quantitative estimate of drug-likeness (QED) is 0.478. The van der Waals surface area contributed by atoms with Crippen molar-refractivity contribution in [2.75, 3.05) is 18.2 Å². The van der Waals surface area contributed by atoms with Gasteiger partial charge in [-0.15, -0.1) is 0 Å². The Morgan fingerprint density at radius 3 is 2.71 bits per heavy atom. The number of fused-ring (bicyclic) bond motifs is 1. The Bertz CT molecular complexity index is 1080. The second kappa shape index (κ2) is 8.14. The van der Waals surface area contributed by atoms with Gasteiger partial charge >= 0.3 is 0 Å². The minimum absolute atomic E-state index is 0.101. The highest BCUT2D eigenvalue weighted by Crippen LogP contribution is 2.29. The summed E-state index contributed by atoms with van der Waals surface area (Å²) < 4.78 is 5.12. The predicted molar refractivity (Wildman–Crippen MR) is 112 cm³/mol. The van der Waals surface area contributed by atoms with Crippen LogP contribution in [-0.2, 0) is 4.79 Å². The number of methoxy groups -OCH3 is 1. The number of carbonyl (C=O) groups is 1. The number of thioether (sulfide) groups is 1. The number of ether oxygens (including phenoxy) is 1. The van der Waals surface area contributed by atoms with Crippen molar-refractivity contribution in [1.82, 2.24) is 15.0 Å². The van der Waals surface area contributed by atoms with Crippen molar-refractivity contribution in [2.24, 2.45) is 0 Å². The number of para-hydroxylation sites is 2. The van der Waals surface area contributed by atoms with Crippen molar-refractivity contribution in [3.63, 3.8) is 0 Å². The molecular weight excluding hydrogens is 372 g/mol. The van der Waals surface area contributed by atoms with E-state index in [4.69, 9.17) is 4.74 Å². The van der Waals surface area contributed by atoms with E-state index < -0.39 is 0 Å². The van der Waals surface area contributed by atoms with Crippen LogP contribution in [0.5, 0.6) is 5.75 Å². The maximum atomic E-state index is 12.3. The lowest BCUT2D eigenvalue weighted by Crippen LogP contribution is -2.14. The first kappa shape index (κ1) is 18.1. The van der Waals surface area contributed by atoms with Crippen LogP contribution < -0.4 is 10.1 Å². The van der Waals surface area contributed by atoms with Gasteiger partial charge in [-0.1, -0.05) is 23.9 Å². The minimum atomic E-state index is -0.101. The highest BCUT2D eigenvalue weighted by atomic mass is 32.2. The minimum Gasteiger partial charge on any atom is -0.497 e. The second-order valence-corrected chi connectivity index (χ2v) is 6.99. The molecule has 0 aliphatic rings. The van der Waals surface area contributed by atoms with Crippen LogP contribution in [0.1, 0.15) is 0 Å². The molecule has 0 unspecified atom stereocenters. The lowest BCUT2D eigenvalue weighted by Gasteiger charge is -2.08. The number of carbonyl (C=O) groups excluding carboxylic acids is 1. The van der Waals surface area contributed by atoms with E-state index >= 15 is 0 Å². The fourth-order valence-electron chi connectivity index (χ4n) is 2.77. The molecule has 4 rings (SSSR count). The zero-order chi connectivity index (χ0) is 19.3. The molecule has 1 amide bonds. The van der Waals surface area contributed by atoms with E-state index in [1.165, 1.54) is 11.8 Å². The normalized spacial score (nSPS) is 10.8. The summed E-state index contributed by atoms with van der Waals surface area (Å²) in [5, 5.41) is 3.63. The van der Waals surface area contributed by atoms with E-state index in [0.717, 1.165) is 38.9 Å². The van der Waals surface area contributed by atoms with Crippen LogP contribution in [0.3, 0.4) is 0 Å². The molecule has 0 atom stereocenters. The van der Waals surface area contributed by atoms with E-state index in [0.29, 0.717) is 0 Å². The van der Waals surface area contributed by atoms with Crippen LogP contribution in [0.4, 0.5) is 5.69 Å². The number of rotatable bonds is 6. The predicted octanol–water partition coefficient (Wildman–Crippen LogP) is 4.36. The number of hydrogen-bond donors (Lipinski definition) is 2. The van der Waals surface area contributed by atoms with Crippen LogP contribution in [0.15, 0.2) is 71.9 Å². The number of H-pyrrole nitrogens is 1. The number of amides is 1. The molecule has 0 bridgehead atoms. The molecule has 2 heterocycles. The molecule has 28 heavy (non-hydrogen) atoms. The summed E-state index contributed by atoms with van der Waals surface area (Å²) in [6.45, 7) is 0. The molecule has 6 nitrogen and oxygen atoms in total. The van der Waals surface area contributed by atoms with Crippen molar-refractivity contribution in [2.45, 2.75) is 5.03 Å². The SMILES string of the molecule is COc1ccc(NC(=O)CSc2ncccc2-c2nc3ccccc3[nH]2)cc1. The van der Waals surface area contributed by atoms with Crippen molar-refractivity contribution >= 4 is 34.4 Å². The van der Waals surface area contributed by atoms with E-state index in [1.54, 1.807) is 25.4 Å². The molecule has 0 radical (unpaired) electrons. The summed E-state index contributed by atoms with van der Waals surface area (Å²) in [6, 6.07) is 18.9. The molecular formula is C21H18N4O2S. The Labute approximate surface area is 166 Å². The molecule has 7 heteroatoms. The van der Waals surface area contributed by atoms with E-state index in [-0.39, 0.29) is 11.7 Å². The van der Waals surface area contributed by atoms with Gasteiger partial charge in [-0.3, -0.25) is 4.79 Å². The largest absolute Gasteiger partial charge is 0.497 e. The Kier molecular flexibility index (Phi) is 5.25. The second-order valence-electron chi connectivity index (χ2n) is 6.02. The Hall–Kier alpha value is -3.32. The van der Waals surface area contributed by atoms with Crippen molar-refractivity contribution in [3.8, 4) is 17.1 Å². The number of benzene rings is 2. The number of nitrogens with zero attached hydrogens (tertiary/aromatic N) is 2. The van der Waals surface area contributed by atoms with Crippen LogP contribution in [-0.4, -0.2) is 33.7 Å². The third-order valence-corrected chi connectivity index (χ3v) is 5.13. The molecule has 0 saturated heterocycles. The van der Waals surface area contributed by atoms with Gasteiger partial charge in [0, 0.05) is 17.4 Å². The third kappa shape index (κ3) is 3.99. The maximum Gasteiger partial charge on any atom is 0.234 e. The highest BCUT2D eigenvalue weighted by molar-refractivity contribution is 8.00. The molecule has 0 aliphatic heterocycles. The van der Waals surface area contributed by atoms with E-state index in [9.17, 15) is 4.79 Å². The number of aromatic nitrogens is 3. The van der Waals surface area contributed by atoms with Crippen molar-refractivity contribution < 1.29 is 9.53 Å². The fourth-order valence-corrected chi connectivity index (χ4v) is 3.57. The smallest absolute Gasteiger partial charge is 0.234 e. The van der Waals surface area contributed by atoms with E-state index in [1.807, 2.05) is 48.5 Å². The third-order valence-electron chi connectivity index (χ3n) is 4.13. The molecule has 0 spiro atoms. The Morgan fingerprint density at radius 1 is 1.11 bits per heavy atom. The summed E-state index contributed by atoms with van der Waals surface area (Å²) >= 11 is 1.38. The van der Waals surface area contributed by atoms with Crippen LogP contribution in [0, 0.1) is 0 Å². The number of imidazole rings is 1. The van der Waals surface area contributed by atoms with E-state index in [2.05, 4.69) is 20.3 Å². The summed E-state index contributed by atoms with van der Waals surface area (Å²) in [6.07, 6.45) is 1.72. The Balaban J connectivity index is 1.47. The number of nitrogens with one attached hydrogen (secondary N) is 2. The topological polar surface area (TPSA) is 79.9 Å². The zero-order valence-electron chi connectivity index (χ0n) is 15.2. The molecule has 0 fully saturated rings. The van der Waals surface area contributed by atoms with Gasteiger partial charge in [0.25, 0.3) is 0 Å². The molecule has 2 aromatic carbocycles. The van der Waals surface area contributed by atoms with Crippen molar-refractivity contribution in [1.29, 1.82) is 0 Å². The monoisotopic (exact) mass is 390 g/mol. The highest BCUT2D eigenvalue weighted by Gasteiger charge is 2.13. The van der Waals surface area contributed by atoms with Gasteiger partial charge in [-0.2, -0.15) is 0 Å². The van der Waals surface area contributed by atoms with Gasteiger partial charge in [0.05, 0.1) is 23.9 Å². The summed E-state index contributed by atoms with van der Waals surface area (Å²) in [5.74, 6) is 1.64. The fraction of sp³-hybridized carbons (Fsp3) is 0.0952. The molecule has 140 valence electrons. The van der Waals surface area contributed by atoms with Crippen LogP contribution >= 0.6 is 11.8 Å². The number of anilines is 1. The lowest BCUT2D eigenvalue weighted by atomic mass is 10.3. The van der Waals surface area contributed by atoms with Crippen LogP contribution in [0.25, 0.3) is 22.4 Å². The van der Waals surface area contributed by atoms with Gasteiger partial charge in [0.1, 0.15) is 16.6 Å². The zero-order valence-corrected chi connectivity index (χ0v) is 16.0. The van der Waals surface area contributed by atoms with Gasteiger partial charge in [0.2, 0.25) is 5.91 Å². The maximum absolute atomic E-state index is 12.3. The molecule has 2 N–H and O–H groups in total. The number of aromatic amines is 1. The van der Waals surface area contributed by atoms with Crippen molar-refractivity contribution in [3.05, 3.63) is 66.9 Å². The number of hydrogen-bond acceptors (Lipinski definition) is 5. The van der Waals surface area contributed by atoms with Crippen LogP contribution in [0.2, 0.25) is 0 Å². The first-order chi connectivity index (χ1) is 13.7. The first-order valence-corrected chi connectivity index (χ1v) is 9.68. The van der Waals surface area contributed by atoms with Gasteiger partial charge in [-0.05, 0) is 48.5 Å². The summed E-state index contributed by atoms with van der Waals surface area (Å²) in [7, 11) is 1.61. The average molecular weight is 390 g/mol. The molecule has 0 aliphatic carbocycles. The molecule has 2 aromatic heterocycles. The van der Waals surface area contributed by atoms with Gasteiger partial charge in [0.15, 0.2) is 0 Å². The first-order valence-electron chi connectivity index (χ1n) is 8.70. The molecule has 4 aromatic rings. The summed E-state index contributed by atoms with van der Waals surface area (Å²) in [5.41, 5.74) is 3.47. The standard InChI is InChI=1S/C21H18N4O2S/c1-27-15-10-8-14(9-11-15)23-19(26)13-28-21-16(5-4-12-22-21)20-24-17-6-2-3-7-18(17)25-20/h2-12H,13H2,1H3,(H,23,26)(H,24,25). The van der Waals surface area contributed by atoms with Gasteiger partial charge < -0.3 is 15.0 Å². The summed E-state index contributed by atoms with van der Waals surface area (Å²) in [4.78, 5) is 24.7. The Morgan fingerprint density at radius 2 is 1.93 bits per heavy atom. The molecule has 0 saturated carbocycles. The number of pyridine rings is 1. The lowest BCUT2D eigenvalue weighted by molar-refractivity contribution is -0.113. The average Bonchev–Trinajstić information content (AvgIpc) is 3.17. The van der Waals surface area contributed by atoms with Gasteiger partial charge in [-0.25, -0.2) is 9.97 Å².